The molecule has 8 heteroatoms. The first-order valence-electron chi connectivity index (χ1n) is 11.3. The van der Waals surface area contributed by atoms with Gasteiger partial charge in [0, 0.05) is 29.9 Å². The molecule has 3 aromatic heterocycles. The first-order valence-corrected chi connectivity index (χ1v) is 12.1. The van der Waals surface area contributed by atoms with Gasteiger partial charge in [0.1, 0.15) is 0 Å². The van der Waals surface area contributed by atoms with Crippen molar-refractivity contribution in [3.05, 3.63) is 93.5 Å². The Kier molecular flexibility index (Phi) is 5.98. The number of hydrogen-bond acceptors (Lipinski definition) is 4. The van der Waals surface area contributed by atoms with Crippen LogP contribution in [0.1, 0.15) is 33.0 Å². The molecule has 7 nitrogen and oxygen atoms in total. The predicted octanol–water partition coefficient (Wildman–Crippen LogP) is 5.82. The summed E-state index contributed by atoms with van der Waals surface area (Å²) in [5.41, 5.74) is 7.64. The van der Waals surface area contributed by atoms with Crippen molar-refractivity contribution in [1.82, 2.24) is 24.5 Å². The van der Waals surface area contributed by atoms with Crippen LogP contribution in [-0.4, -0.2) is 30.5 Å². The summed E-state index contributed by atoms with van der Waals surface area (Å²) >= 11 is 3.58. The van der Waals surface area contributed by atoms with E-state index >= 15 is 0 Å². The Labute approximate surface area is 211 Å². The second-order valence-corrected chi connectivity index (χ2v) is 9.46. The molecule has 0 spiro atoms. The van der Waals surface area contributed by atoms with Crippen molar-refractivity contribution < 1.29 is 4.79 Å². The van der Waals surface area contributed by atoms with Gasteiger partial charge in [0.2, 0.25) is 0 Å². The number of amides is 1. The van der Waals surface area contributed by atoms with Gasteiger partial charge < -0.3 is 5.32 Å². The monoisotopic (exact) mass is 528 g/mol. The zero-order chi connectivity index (χ0) is 24.7. The molecule has 35 heavy (non-hydrogen) atoms. The number of para-hydroxylation sites is 1. The maximum absolute atomic E-state index is 13.5. The molecule has 3 heterocycles. The fraction of sp³-hybridized carbons (Fsp3) is 0.185. The minimum Gasteiger partial charge on any atom is -0.322 e. The van der Waals surface area contributed by atoms with Crippen molar-refractivity contribution in [3.8, 4) is 11.3 Å². The van der Waals surface area contributed by atoms with E-state index in [0.29, 0.717) is 12.1 Å². The van der Waals surface area contributed by atoms with E-state index < -0.39 is 0 Å². The molecule has 0 aliphatic rings. The lowest BCUT2D eigenvalue weighted by atomic mass is 10.0. The molecular weight excluding hydrogens is 504 g/mol. The van der Waals surface area contributed by atoms with E-state index in [1.54, 1.807) is 4.68 Å². The number of carbonyl (C=O) groups is 1. The quantitative estimate of drug-likeness (QED) is 0.311. The predicted molar refractivity (Wildman–Crippen MR) is 142 cm³/mol. The normalized spacial score (nSPS) is 11.2. The number of nitrogens with one attached hydrogen (secondary N) is 1. The van der Waals surface area contributed by atoms with Gasteiger partial charge in [-0.2, -0.15) is 10.2 Å². The molecule has 2 aromatic carbocycles. The molecule has 0 radical (unpaired) electrons. The van der Waals surface area contributed by atoms with Crippen molar-refractivity contribution in [3.63, 3.8) is 0 Å². The Morgan fingerprint density at radius 1 is 1.00 bits per heavy atom. The Morgan fingerprint density at radius 2 is 1.80 bits per heavy atom. The van der Waals surface area contributed by atoms with Crippen LogP contribution in [0.2, 0.25) is 0 Å². The third-order valence-electron chi connectivity index (χ3n) is 6.06. The van der Waals surface area contributed by atoms with E-state index in [1.165, 1.54) is 0 Å². The molecular formula is C27H25BrN6O. The van der Waals surface area contributed by atoms with Gasteiger partial charge in [-0.05, 0) is 66.5 Å². The van der Waals surface area contributed by atoms with E-state index in [9.17, 15) is 4.79 Å². The molecule has 0 saturated carbocycles. The minimum absolute atomic E-state index is 0.183. The topological polar surface area (TPSA) is 77.6 Å². The summed E-state index contributed by atoms with van der Waals surface area (Å²) in [5.74, 6) is -0.183. The number of pyridine rings is 1. The summed E-state index contributed by atoms with van der Waals surface area (Å²) in [6.07, 6.45) is 1.93. The van der Waals surface area contributed by atoms with Crippen LogP contribution in [0.25, 0.3) is 22.2 Å². The molecule has 5 rings (SSSR count). The van der Waals surface area contributed by atoms with Crippen molar-refractivity contribution >= 4 is 38.4 Å². The van der Waals surface area contributed by atoms with E-state index in [1.807, 2.05) is 93.3 Å². The van der Waals surface area contributed by atoms with Gasteiger partial charge in [0.05, 0.1) is 44.9 Å². The van der Waals surface area contributed by atoms with E-state index in [0.717, 1.165) is 55.0 Å². The Morgan fingerprint density at radius 3 is 2.51 bits per heavy atom. The van der Waals surface area contributed by atoms with Crippen LogP contribution in [0.3, 0.4) is 0 Å². The molecule has 0 fully saturated rings. The number of rotatable bonds is 5. The maximum Gasteiger partial charge on any atom is 0.256 e. The van der Waals surface area contributed by atoms with Gasteiger partial charge in [0.15, 0.2) is 0 Å². The summed E-state index contributed by atoms with van der Waals surface area (Å²) < 4.78 is 4.74. The molecule has 0 aliphatic heterocycles. The third kappa shape index (κ3) is 4.49. The summed E-state index contributed by atoms with van der Waals surface area (Å²) in [7, 11) is 1.88. The van der Waals surface area contributed by atoms with Crippen molar-refractivity contribution in [2.75, 3.05) is 5.32 Å². The van der Waals surface area contributed by atoms with E-state index in [-0.39, 0.29) is 5.91 Å². The molecule has 0 aliphatic carbocycles. The highest BCUT2D eigenvalue weighted by Crippen LogP contribution is 2.27. The standard InChI is InChI=1S/C27H25BrN6O/c1-16-23(15-33(4)31-16)25-13-22(21-10-5-6-11-24(21)30-25)27(35)29-20-9-7-8-19(12-20)14-34-18(3)26(28)17(2)32-34/h5-13,15H,14H2,1-4H3,(H,29,35). The zero-order valence-electron chi connectivity index (χ0n) is 20.0. The van der Waals surface area contributed by atoms with Crippen LogP contribution in [0.4, 0.5) is 5.69 Å². The lowest BCUT2D eigenvalue weighted by Crippen LogP contribution is -2.13. The maximum atomic E-state index is 13.5. The molecule has 176 valence electrons. The van der Waals surface area contributed by atoms with Crippen LogP contribution < -0.4 is 5.32 Å². The van der Waals surface area contributed by atoms with E-state index in [2.05, 4.69) is 31.4 Å². The number of nitrogens with zero attached hydrogens (tertiary/aromatic N) is 5. The summed E-state index contributed by atoms with van der Waals surface area (Å²) in [5, 5.41) is 12.9. The molecule has 1 N–H and O–H groups in total. The summed E-state index contributed by atoms with van der Waals surface area (Å²) in [4.78, 5) is 18.3. The SMILES string of the molecule is Cc1nn(C)cc1-c1cc(C(=O)Nc2cccc(Cn3nc(C)c(Br)c3C)c2)c2ccccc2n1. The van der Waals surface area contributed by atoms with Crippen molar-refractivity contribution in [2.45, 2.75) is 27.3 Å². The average Bonchev–Trinajstić information content (AvgIpc) is 3.30. The van der Waals surface area contributed by atoms with Gasteiger partial charge >= 0.3 is 0 Å². The lowest BCUT2D eigenvalue weighted by molar-refractivity contribution is 0.102. The number of benzene rings is 2. The number of fused-ring (bicyclic) bond motifs is 1. The van der Waals surface area contributed by atoms with Gasteiger partial charge in [-0.15, -0.1) is 0 Å². The van der Waals surface area contributed by atoms with Gasteiger partial charge in [-0.1, -0.05) is 30.3 Å². The lowest BCUT2D eigenvalue weighted by Gasteiger charge is -2.12. The summed E-state index contributed by atoms with van der Waals surface area (Å²) in [6, 6.07) is 17.4. The Hall–Kier alpha value is -3.78. The summed E-state index contributed by atoms with van der Waals surface area (Å²) in [6.45, 7) is 6.57. The van der Waals surface area contributed by atoms with Gasteiger partial charge in [-0.3, -0.25) is 14.2 Å². The first kappa shape index (κ1) is 23.0. The first-order chi connectivity index (χ1) is 16.8. The largest absolute Gasteiger partial charge is 0.322 e. The zero-order valence-corrected chi connectivity index (χ0v) is 21.6. The van der Waals surface area contributed by atoms with E-state index in [4.69, 9.17) is 4.98 Å². The molecule has 1 amide bonds. The molecule has 0 atom stereocenters. The highest BCUT2D eigenvalue weighted by molar-refractivity contribution is 9.10. The van der Waals surface area contributed by atoms with Crippen LogP contribution in [-0.2, 0) is 13.6 Å². The molecule has 5 aromatic rings. The Bertz CT molecular complexity index is 1580. The van der Waals surface area contributed by atoms with Crippen LogP contribution in [0, 0.1) is 20.8 Å². The fourth-order valence-electron chi connectivity index (χ4n) is 4.30. The van der Waals surface area contributed by atoms with Gasteiger partial charge in [-0.25, -0.2) is 4.98 Å². The fourth-order valence-corrected chi connectivity index (χ4v) is 4.58. The molecule has 0 unspecified atom stereocenters. The van der Waals surface area contributed by atoms with Crippen molar-refractivity contribution in [2.24, 2.45) is 7.05 Å². The Balaban J connectivity index is 1.47. The van der Waals surface area contributed by atoms with Crippen molar-refractivity contribution in [1.29, 1.82) is 0 Å². The number of carbonyl (C=O) groups excluding carboxylic acids is 1. The van der Waals surface area contributed by atoms with Crippen LogP contribution in [0.5, 0.6) is 0 Å². The molecule has 0 saturated heterocycles. The number of aromatic nitrogens is 5. The number of halogens is 1. The van der Waals surface area contributed by atoms with Crippen LogP contribution in [0.15, 0.2) is 65.3 Å². The number of hydrogen-bond donors (Lipinski definition) is 1. The van der Waals surface area contributed by atoms with Crippen LogP contribution >= 0.6 is 15.9 Å². The second-order valence-electron chi connectivity index (χ2n) is 8.67. The highest BCUT2D eigenvalue weighted by Gasteiger charge is 2.17. The molecule has 0 bridgehead atoms. The highest BCUT2D eigenvalue weighted by atomic mass is 79.9. The second kappa shape index (κ2) is 9.11. The smallest absolute Gasteiger partial charge is 0.256 e. The van der Waals surface area contributed by atoms with Gasteiger partial charge in [0.25, 0.3) is 5.91 Å². The minimum atomic E-state index is -0.183. The number of anilines is 1. The number of aryl methyl sites for hydroxylation is 3. The third-order valence-corrected chi connectivity index (χ3v) is 7.21. The average molecular weight is 529 g/mol.